The minimum Gasteiger partial charge on any atom is -0.497 e. The van der Waals surface area contributed by atoms with Gasteiger partial charge in [-0.15, -0.1) is 0 Å². The largest absolute Gasteiger partial charge is 0.497 e. The van der Waals surface area contributed by atoms with Crippen LogP contribution in [0.5, 0.6) is 11.5 Å². The molecule has 0 radical (unpaired) electrons. The van der Waals surface area contributed by atoms with Crippen molar-refractivity contribution in [2.75, 3.05) is 27.3 Å². The fourth-order valence-corrected chi connectivity index (χ4v) is 5.14. The maximum atomic E-state index is 12.7. The van der Waals surface area contributed by atoms with Gasteiger partial charge in [0.05, 0.1) is 29.8 Å². The van der Waals surface area contributed by atoms with E-state index in [2.05, 4.69) is 16.3 Å². The van der Waals surface area contributed by atoms with E-state index in [9.17, 15) is 14.7 Å². The molecule has 39 heavy (non-hydrogen) atoms. The van der Waals surface area contributed by atoms with Crippen LogP contribution < -0.4 is 14.8 Å². The number of methoxy groups -OCH3 is 2. The number of hydrogen-bond acceptors (Lipinski definition) is 5. The number of nitrogens with one attached hydrogen (secondary N) is 1. The van der Waals surface area contributed by atoms with Gasteiger partial charge in [-0.25, -0.2) is 4.79 Å². The second kappa shape index (κ2) is 13.0. The van der Waals surface area contributed by atoms with E-state index in [1.807, 2.05) is 42.5 Å². The summed E-state index contributed by atoms with van der Waals surface area (Å²) < 4.78 is 10.8. The molecule has 0 unspecified atom stereocenters. The standard InChI is InChI=1S/C30H30Cl2N2O5/c1-38-23-14-20(15-24(17-23)39-2)18-34-12-10-22(11-13-34)21-8-6-19(7-9-21)16-27(30(36)37)33-29(35)28-25(31)4-3-5-26(28)32/h3-10,14-15,17,27H,11-13,16,18H2,1-2H3,(H,33,35)(H,36,37)/t27-/m0/s1. The Labute approximate surface area is 237 Å². The highest BCUT2D eigenvalue weighted by molar-refractivity contribution is 6.39. The molecular weight excluding hydrogens is 539 g/mol. The second-order valence-corrected chi connectivity index (χ2v) is 10.1. The molecule has 1 aliphatic rings. The Morgan fingerprint density at radius 2 is 1.62 bits per heavy atom. The van der Waals surface area contributed by atoms with Crippen LogP contribution in [0.25, 0.3) is 5.57 Å². The first-order valence-electron chi connectivity index (χ1n) is 12.5. The average Bonchev–Trinajstić information content (AvgIpc) is 2.93. The van der Waals surface area contributed by atoms with Crippen LogP contribution in [0, 0.1) is 0 Å². The molecule has 0 saturated carbocycles. The number of carboxylic acid groups (broad SMARTS) is 1. The van der Waals surface area contributed by atoms with Crippen molar-refractivity contribution in [2.24, 2.45) is 0 Å². The molecule has 2 N–H and O–H groups in total. The quantitative estimate of drug-likeness (QED) is 0.325. The van der Waals surface area contributed by atoms with E-state index in [-0.39, 0.29) is 22.0 Å². The number of nitrogens with zero attached hydrogens (tertiary/aromatic N) is 1. The summed E-state index contributed by atoms with van der Waals surface area (Å²) in [6, 6.07) is 17.3. The molecule has 9 heteroatoms. The number of amides is 1. The van der Waals surface area contributed by atoms with Gasteiger partial charge in [-0.2, -0.15) is 0 Å². The molecule has 1 aliphatic heterocycles. The van der Waals surface area contributed by atoms with Gasteiger partial charge in [0.25, 0.3) is 5.91 Å². The summed E-state index contributed by atoms with van der Waals surface area (Å²) in [5.74, 6) is -0.219. The molecule has 0 aromatic heterocycles. The van der Waals surface area contributed by atoms with Crippen LogP contribution in [-0.4, -0.2) is 55.2 Å². The Morgan fingerprint density at radius 3 is 2.15 bits per heavy atom. The van der Waals surface area contributed by atoms with Crippen molar-refractivity contribution in [1.82, 2.24) is 10.2 Å². The first kappa shape index (κ1) is 28.5. The smallest absolute Gasteiger partial charge is 0.326 e. The number of carbonyl (C=O) groups excluding carboxylic acids is 1. The zero-order chi connectivity index (χ0) is 27.9. The van der Waals surface area contributed by atoms with Gasteiger partial charge in [0.2, 0.25) is 0 Å². The summed E-state index contributed by atoms with van der Waals surface area (Å²) in [7, 11) is 3.29. The van der Waals surface area contributed by atoms with E-state index in [0.717, 1.165) is 54.2 Å². The van der Waals surface area contributed by atoms with Crippen molar-refractivity contribution in [3.63, 3.8) is 0 Å². The van der Waals surface area contributed by atoms with Crippen LogP contribution in [0.2, 0.25) is 10.0 Å². The first-order chi connectivity index (χ1) is 18.8. The molecule has 1 heterocycles. The highest BCUT2D eigenvalue weighted by Gasteiger charge is 2.24. The van der Waals surface area contributed by atoms with E-state index in [1.54, 1.807) is 20.3 Å². The lowest BCUT2D eigenvalue weighted by molar-refractivity contribution is -0.139. The lowest BCUT2D eigenvalue weighted by atomic mass is 9.96. The lowest BCUT2D eigenvalue weighted by Gasteiger charge is -2.27. The minimum atomic E-state index is -1.14. The molecule has 3 aromatic carbocycles. The van der Waals surface area contributed by atoms with Gasteiger partial charge in [0.1, 0.15) is 17.5 Å². The van der Waals surface area contributed by atoms with Gasteiger partial charge in [0.15, 0.2) is 0 Å². The molecule has 0 bridgehead atoms. The fourth-order valence-electron chi connectivity index (χ4n) is 4.57. The molecule has 0 aliphatic carbocycles. The van der Waals surface area contributed by atoms with Crippen molar-refractivity contribution in [3.8, 4) is 11.5 Å². The monoisotopic (exact) mass is 568 g/mol. The lowest BCUT2D eigenvalue weighted by Crippen LogP contribution is -2.42. The van der Waals surface area contributed by atoms with E-state index in [1.165, 1.54) is 17.7 Å². The van der Waals surface area contributed by atoms with Gasteiger partial charge >= 0.3 is 5.97 Å². The van der Waals surface area contributed by atoms with Crippen LogP contribution in [0.1, 0.15) is 33.5 Å². The van der Waals surface area contributed by atoms with Crippen molar-refractivity contribution in [3.05, 3.63) is 99.0 Å². The summed E-state index contributed by atoms with van der Waals surface area (Å²) in [6.07, 6.45) is 3.25. The Morgan fingerprint density at radius 1 is 0.974 bits per heavy atom. The molecular formula is C30H30Cl2N2O5. The summed E-state index contributed by atoms with van der Waals surface area (Å²) in [6.45, 7) is 2.51. The van der Waals surface area contributed by atoms with E-state index < -0.39 is 17.9 Å². The number of rotatable bonds is 10. The average molecular weight is 569 g/mol. The SMILES string of the molecule is COc1cc(CN2CC=C(c3ccc(C[C@H](NC(=O)c4c(Cl)cccc4Cl)C(=O)O)cc3)CC2)cc(OC)c1. The Bertz CT molecular complexity index is 1330. The van der Waals surface area contributed by atoms with Gasteiger partial charge in [-0.05, 0) is 52.9 Å². The third kappa shape index (κ3) is 7.32. The molecule has 1 atom stereocenters. The Balaban J connectivity index is 1.37. The third-order valence-corrected chi connectivity index (χ3v) is 7.30. The second-order valence-electron chi connectivity index (χ2n) is 9.30. The van der Waals surface area contributed by atoms with Crippen molar-refractivity contribution in [1.29, 1.82) is 0 Å². The molecule has 3 aromatic rings. The Kier molecular flexibility index (Phi) is 9.51. The van der Waals surface area contributed by atoms with Crippen molar-refractivity contribution in [2.45, 2.75) is 25.4 Å². The maximum absolute atomic E-state index is 12.7. The molecule has 204 valence electrons. The number of ether oxygens (including phenoxy) is 2. The van der Waals surface area contributed by atoms with Crippen LogP contribution in [0.15, 0.2) is 66.7 Å². The molecule has 1 amide bonds. The predicted octanol–water partition coefficient (Wildman–Crippen LogP) is 5.73. The number of aliphatic carboxylic acids is 1. The molecule has 4 rings (SSSR count). The summed E-state index contributed by atoms with van der Waals surface area (Å²) in [4.78, 5) is 26.9. The fraction of sp³-hybridized carbons (Fsp3) is 0.267. The van der Waals surface area contributed by atoms with Crippen molar-refractivity contribution >= 4 is 40.7 Å². The van der Waals surface area contributed by atoms with E-state index >= 15 is 0 Å². The van der Waals surface area contributed by atoms with Crippen LogP contribution in [0.3, 0.4) is 0 Å². The maximum Gasteiger partial charge on any atom is 0.326 e. The highest BCUT2D eigenvalue weighted by Crippen LogP contribution is 2.27. The molecule has 7 nitrogen and oxygen atoms in total. The van der Waals surface area contributed by atoms with Crippen molar-refractivity contribution < 1.29 is 24.2 Å². The number of hydrogen-bond donors (Lipinski definition) is 2. The topological polar surface area (TPSA) is 88.1 Å². The normalized spacial score (nSPS) is 14.3. The zero-order valence-corrected chi connectivity index (χ0v) is 23.3. The molecule has 0 saturated heterocycles. The minimum absolute atomic E-state index is 0.0613. The summed E-state index contributed by atoms with van der Waals surface area (Å²) in [5, 5.41) is 12.6. The van der Waals surface area contributed by atoms with Crippen LogP contribution in [0.4, 0.5) is 0 Å². The van der Waals surface area contributed by atoms with Gasteiger partial charge in [0, 0.05) is 32.1 Å². The number of halogens is 2. The molecule has 0 spiro atoms. The number of carbonyl (C=O) groups is 2. The van der Waals surface area contributed by atoms with E-state index in [4.69, 9.17) is 32.7 Å². The Hall–Kier alpha value is -3.52. The summed E-state index contributed by atoms with van der Waals surface area (Å²) in [5.41, 5.74) is 4.33. The van der Waals surface area contributed by atoms with Crippen LogP contribution in [-0.2, 0) is 17.8 Å². The summed E-state index contributed by atoms with van der Waals surface area (Å²) >= 11 is 12.2. The van der Waals surface area contributed by atoms with Crippen LogP contribution >= 0.6 is 23.2 Å². The molecule has 0 fully saturated rings. The van der Waals surface area contributed by atoms with E-state index in [0.29, 0.717) is 0 Å². The van der Waals surface area contributed by atoms with Gasteiger partial charge < -0.3 is 19.9 Å². The van der Waals surface area contributed by atoms with Gasteiger partial charge in [-0.1, -0.05) is 59.6 Å². The number of benzene rings is 3. The first-order valence-corrected chi connectivity index (χ1v) is 13.2. The predicted molar refractivity (Wildman–Crippen MR) is 153 cm³/mol. The third-order valence-electron chi connectivity index (χ3n) is 6.67. The zero-order valence-electron chi connectivity index (χ0n) is 21.7. The highest BCUT2D eigenvalue weighted by atomic mass is 35.5. The van der Waals surface area contributed by atoms with Gasteiger partial charge in [-0.3, -0.25) is 9.69 Å². The number of carboxylic acids is 1.